The molecule has 0 fully saturated rings. The highest BCUT2D eigenvalue weighted by molar-refractivity contribution is 6.06. The van der Waals surface area contributed by atoms with Crippen molar-refractivity contribution in [3.63, 3.8) is 0 Å². The minimum atomic E-state index is -0.166. The van der Waals surface area contributed by atoms with Gasteiger partial charge in [0, 0.05) is 63.2 Å². The first-order valence-corrected chi connectivity index (χ1v) is 20.5. The lowest BCUT2D eigenvalue weighted by Gasteiger charge is -2.31. The van der Waals surface area contributed by atoms with E-state index in [1.807, 2.05) is 0 Å². The molecule has 2 heterocycles. The zero-order chi connectivity index (χ0) is 39.0. The number of hydrogen-bond donors (Lipinski definition) is 0. The van der Waals surface area contributed by atoms with Gasteiger partial charge in [-0.3, -0.25) is 4.90 Å². The molecule has 57 heavy (non-hydrogen) atoms. The molecule has 0 spiro atoms. The van der Waals surface area contributed by atoms with E-state index in [0.717, 1.165) is 46.4 Å². The molecule has 0 atom stereocenters. The Bertz CT molecular complexity index is 2970. The zero-order valence-electron chi connectivity index (χ0n) is 34.0. The third kappa shape index (κ3) is 5.01. The molecule has 1 aromatic heterocycles. The van der Waals surface area contributed by atoms with Gasteiger partial charge in [0.25, 0.3) is 0 Å². The molecule has 3 nitrogen and oxygen atoms in total. The van der Waals surface area contributed by atoms with Crippen molar-refractivity contribution in [1.82, 2.24) is 4.90 Å². The van der Waals surface area contributed by atoms with Crippen molar-refractivity contribution < 1.29 is 4.42 Å². The molecule has 0 radical (unpaired) electrons. The summed E-state index contributed by atoms with van der Waals surface area (Å²) in [5, 5.41) is 2.27. The summed E-state index contributed by atoms with van der Waals surface area (Å²) in [6.45, 7) is 18.4. The van der Waals surface area contributed by atoms with Gasteiger partial charge in [-0.05, 0) is 131 Å². The molecule has 11 rings (SSSR count). The largest absolute Gasteiger partial charge is 0.456 e. The standard InChI is InChI=1S/C54H48N2O/c1-52(2,3)55-31-34-21-20-33(26-35(34)32-55)43-29-44-39-15-9-12-18-46(39)54(6,7)48(44)30-49(43)56(37-23-25-42-41-16-10-13-19-50(41)57-51(42)28-37)36-22-24-40-38-14-8-11-17-45(38)53(4,5)47(40)27-36/h8-30H,31-32H2,1-7H3. The van der Waals surface area contributed by atoms with Crippen molar-refractivity contribution in [3.05, 3.63) is 173 Å². The molecule has 8 aromatic rings. The summed E-state index contributed by atoms with van der Waals surface area (Å²) in [7, 11) is 0. The van der Waals surface area contributed by atoms with Crippen molar-refractivity contribution in [2.75, 3.05) is 4.90 Å². The van der Waals surface area contributed by atoms with Crippen LogP contribution < -0.4 is 4.90 Å². The maximum atomic E-state index is 6.59. The minimum Gasteiger partial charge on any atom is -0.456 e. The average Bonchev–Trinajstić information content (AvgIpc) is 3.92. The fraction of sp³-hybridized carbons (Fsp3) is 0.222. The topological polar surface area (TPSA) is 19.6 Å². The fourth-order valence-electron chi connectivity index (χ4n) is 10.3. The van der Waals surface area contributed by atoms with Crippen LogP contribution in [-0.2, 0) is 23.9 Å². The highest BCUT2D eigenvalue weighted by atomic mass is 16.3. The molecule has 2 aliphatic carbocycles. The minimum absolute atomic E-state index is 0.0975. The number of rotatable bonds is 4. The number of anilines is 3. The van der Waals surface area contributed by atoms with Crippen LogP contribution in [0.1, 0.15) is 81.8 Å². The van der Waals surface area contributed by atoms with E-state index < -0.39 is 0 Å². The first kappa shape index (κ1) is 34.4. The summed E-state index contributed by atoms with van der Waals surface area (Å²) in [5.74, 6) is 0. The number of fused-ring (bicyclic) bond motifs is 10. The predicted molar refractivity (Wildman–Crippen MR) is 238 cm³/mol. The van der Waals surface area contributed by atoms with Gasteiger partial charge in [-0.15, -0.1) is 0 Å². The molecule has 3 aliphatic rings. The normalized spacial score (nSPS) is 16.1. The van der Waals surface area contributed by atoms with Crippen LogP contribution in [0, 0.1) is 0 Å². The van der Waals surface area contributed by atoms with Gasteiger partial charge in [0.2, 0.25) is 0 Å². The van der Waals surface area contributed by atoms with E-state index in [2.05, 4.69) is 198 Å². The summed E-state index contributed by atoms with van der Waals surface area (Å²) in [6.07, 6.45) is 0. The van der Waals surface area contributed by atoms with Crippen molar-refractivity contribution in [3.8, 4) is 33.4 Å². The molecule has 0 bridgehead atoms. The first-order chi connectivity index (χ1) is 27.4. The van der Waals surface area contributed by atoms with Crippen molar-refractivity contribution >= 4 is 39.0 Å². The van der Waals surface area contributed by atoms with Crippen molar-refractivity contribution in [2.24, 2.45) is 0 Å². The van der Waals surface area contributed by atoms with E-state index in [1.165, 1.54) is 72.4 Å². The Balaban J connectivity index is 1.19. The number of furan rings is 1. The quantitative estimate of drug-likeness (QED) is 0.179. The van der Waals surface area contributed by atoms with Crippen LogP contribution in [0.25, 0.3) is 55.3 Å². The summed E-state index contributed by atoms with van der Waals surface area (Å²) in [4.78, 5) is 5.10. The highest BCUT2D eigenvalue weighted by Gasteiger charge is 2.39. The Morgan fingerprint density at radius 1 is 0.491 bits per heavy atom. The number of hydrogen-bond acceptors (Lipinski definition) is 3. The van der Waals surface area contributed by atoms with Crippen LogP contribution in [0.3, 0.4) is 0 Å². The Kier molecular flexibility index (Phi) is 7.12. The van der Waals surface area contributed by atoms with E-state index in [9.17, 15) is 0 Å². The molecule has 0 amide bonds. The monoisotopic (exact) mass is 740 g/mol. The van der Waals surface area contributed by atoms with Crippen LogP contribution in [0.15, 0.2) is 144 Å². The van der Waals surface area contributed by atoms with E-state index in [4.69, 9.17) is 4.42 Å². The molecule has 0 unspecified atom stereocenters. The second-order valence-electron chi connectivity index (χ2n) is 18.6. The lowest BCUT2D eigenvalue weighted by atomic mass is 9.81. The van der Waals surface area contributed by atoms with Gasteiger partial charge >= 0.3 is 0 Å². The molecule has 1 aliphatic heterocycles. The van der Waals surface area contributed by atoms with Crippen LogP contribution >= 0.6 is 0 Å². The third-order valence-corrected chi connectivity index (χ3v) is 13.6. The van der Waals surface area contributed by atoms with Gasteiger partial charge in [0.1, 0.15) is 11.2 Å². The zero-order valence-corrected chi connectivity index (χ0v) is 34.0. The van der Waals surface area contributed by atoms with Gasteiger partial charge in [-0.25, -0.2) is 0 Å². The molecule has 0 saturated heterocycles. The Morgan fingerprint density at radius 2 is 1.09 bits per heavy atom. The number of nitrogens with zero attached hydrogens (tertiary/aromatic N) is 2. The first-order valence-electron chi connectivity index (χ1n) is 20.5. The fourth-order valence-corrected chi connectivity index (χ4v) is 10.3. The van der Waals surface area contributed by atoms with Crippen LogP contribution in [0.4, 0.5) is 17.1 Å². The van der Waals surface area contributed by atoms with E-state index in [-0.39, 0.29) is 16.4 Å². The summed E-state index contributed by atoms with van der Waals surface area (Å²) in [5.41, 5.74) is 21.1. The third-order valence-electron chi connectivity index (χ3n) is 13.6. The van der Waals surface area contributed by atoms with E-state index in [0.29, 0.717) is 0 Å². The van der Waals surface area contributed by atoms with Gasteiger partial charge in [0.05, 0.1) is 5.69 Å². The number of para-hydroxylation sites is 1. The average molecular weight is 741 g/mol. The molecular formula is C54H48N2O. The second kappa shape index (κ2) is 11.8. The van der Waals surface area contributed by atoms with Crippen molar-refractivity contribution in [1.29, 1.82) is 0 Å². The summed E-state index contributed by atoms with van der Waals surface area (Å²) < 4.78 is 6.59. The Hall–Kier alpha value is -5.90. The predicted octanol–water partition coefficient (Wildman–Crippen LogP) is 14.4. The molecule has 7 aromatic carbocycles. The van der Waals surface area contributed by atoms with E-state index >= 15 is 0 Å². The lowest BCUT2D eigenvalue weighted by Crippen LogP contribution is -2.36. The molecule has 3 heteroatoms. The SMILES string of the molecule is CC1(C)c2ccccc2-c2ccc(N(c3ccc4c(c3)oc3ccccc34)c3cc4c(cc3-c3ccc5c(c3)CN(C(C)(C)C)C5)-c3ccccc3C4(C)C)cc21. The number of benzene rings is 7. The maximum Gasteiger partial charge on any atom is 0.137 e. The summed E-state index contributed by atoms with van der Waals surface area (Å²) >= 11 is 0. The van der Waals surface area contributed by atoms with E-state index in [1.54, 1.807) is 0 Å². The maximum absolute atomic E-state index is 6.59. The van der Waals surface area contributed by atoms with Gasteiger partial charge in [0.15, 0.2) is 0 Å². The molecule has 280 valence electrons. The second-order valence-corrected chi connectivity index (χ2v) is 18.6. The van der Waals surface area contributed by atoms with Crippen molar-refractivity contribution in [2.45, 2.75) is 77.9 Å². The highest BCUT2D eigenvalue weighted by Crippen LogP contribution is 2.55. The molecular weight excluding hydrogens is 693 g/mol. The van der Waals surface area contributed by atoms with Gasteiger partial charge < -0.3 is 9.32 Å². The molecule has 0 saturated carbocycles. The Labute approximate surface area is 336 Å². The lowest BCUT2D eigenvalue weighted by molar-refractivity contribution is 0.136. The smallest absolute Gasteiger partial charge is 0.137 e. The molecule has 0 N–H and O–H groups in total. The summed E-state index contributed by atoms with van der Waals surface area (Å²) in [6, 6.07) is 52.5. The van der Waals surface area contributed by atoms with Gasteiger partial charge in [-0.2, -0.15) is 0 Å². The van der Waals surface area contributed by atoms with Crippen LogP contribution in [0.2, 0.25) is 0 Å². The Morgan fingerprint density at radius 3 is 1.84 bits per heavy atom. The van der Waals surface area contributed by atoms with Crippen LogP contribution in [0.5, 0.6) is 0 Å². The van der Waals surface area contributed by atoms with Crippen LogP contribution in [-0.4, -0.2) is 10.4 Å². The van der Waals surface area contributed by atoms with Gasteiger partial charge in [-0.1, -0.05) is 113 Å².